The zero-order valence-electron chi connectivity index (χ0n) is 18.0. The predicted octanol–water partition coefficient (Wildman–Crippen LogP) is 5.69. The highest BCUT2D eigenvalue weighted by molar-refractivity contribution is 5.75. The zero-order chi connectivity index (χ0) is 25.1. The third-order valence-corrected chi connectivity index (χ3v) is 6.60. The fourth-order valence-corrected chi connectivity index (χ4v) is 5.09. The molecule has 5 rings (SSSR count). The summed E-state index contributed by atoms with van der Waals surface area (Å²) in [6.45, 7) is 0. The van der Waals surface area contributed by atoms with Gasteiger partial charge in [-0.2, -0.15) is 26.3 Å². The lowest BCUT2D eigenvalue weighted by Gasteiger charge is -2.25. The molecule has 3 heterocycles. The van der Waals surface area contributed by atoms with Crippen molar-refractivity contribution >= 4 is 28.2 Å². The number of alkyl halides is 6. The average Bonchev–Trinajstić information content (AvgIpc) is 3.38. The Balaban J connectivity index is 1.52. The summed E-state index contributed by atoms with van der Waals surface area (Å²) in [5, 5.41) is 0. The molecule has 3 aromatic rings. The Morgan fingerprint density at radius 2 is 1.57 bits per heavy atom. The van der Waals surface area contributed by atoms with Gasteiger partial charge in [0.05, 0.1) is 10.5 Å². The van der Waals surface area contributed by atoms with Crippen LogP contribution in [0.4, 0.5) is 43.5 Å². The first-order valence-corrected chi connectivity index (χ1v) is 10.8. The molecular formula is C22H19F6N5O2+2. The molecule has 0 atom stereocenters. The van der Waals surface area contributed by atoms with E-state index < -0.39 is 40.5 Å². The zero-order valence-corrected chi connectivity index (χ0v) is 18.0. The number of halogens is 6. The van der Waals surface area contributed by atoms with E-state index in [4.69, 9.17) is 0 Å². The van der Waals surface area contributed by atoms with Crippen molar-refractivity contribution in [1.82, 2.24) is 4.98 Å². The van der Waals surface area contributed by atoms with Crippen LogP contribution in [0.15, 0.2) is 42.6 Å². The van der Waals surface area contributed by atoms with Crippen molar-refractivity contribution in [3.05, 3.63) is 63.5 Å². The lowest BCUT2D eigenvalue weighted by molar-refractivity contribution is -0.587. The number of nitroso groups, excluding NO2 is 1. The van der Waals surface area contributed by atoms with E-state index in [1.54, 1.807) is 0 Å². The molecule has 0 unspecified atom stereocenters. The van der Waals surface area contributed by atoms with Crippen LogP contribution < -0.4 is 14.8 Å². The van der Waals surface area contributed by atoms with Crippen molar-refractivity contribution < 1.29 is 35.6 Å². The summed E-state index contributed by atoms with van der Waals surface area (Å²) in [4.78, 5) is 29.5. The third kappa shape index (κ3) is 3.98. The molecule has 2 aromatic carbocycles. The lowest BCUT2D eigenvalue weighted by atomic mass is 10.0. The van der Waals surface area contributed by atoms with E-state index in [-0.39, 0.29) is 26.9 Å². The molecule has 0 spiro atoms. The van der Waals surface area contributed by atoms with E-state index in [0.29, 0.717) is 11.8 Å². The van der Waals surface area contributed by atoms with Crippen molar-refractivity contribution in [2.45, 2.75) is 50.1 Å². The van der Waals surface area contributed by atoms with Gasteiger partial charge in [0, 0.05) is 22.7 Å². The van der Waals surface area contributed by atoms with Gasteiger partial charge in [-0.3, -0.25) is 0 Å². The monoisotopic (exact) mass is 499 g/mol. The molecule has 2 N–H and O–H groups in total. The highest BCUT2D eigenvalue weighted by Crippen LogP contribution is 2.44. The number of anilines is 2. The Hall–Kier alpha value is -3.64. The SMILES string of the molecule is O=[N+](Nc1ccc(N2C3CCC2CC3)cc1C(F)(F)F)c1c[nH]c2cccc(C(F)(F)F)c2[n+]1=O. The number of aromatic nitrogens is 2. The summed E-state index contributed by atoms with van der Waals surface area (Å²) in [5.74, 6) is -0.899. The molecule has 0 radical (unpaired) electrons. The van der Waals surface area contributed by atoms with Crippen LogP contribution in [0, 0.1) is 9.81 Å². The first-order chi connectivity index (χ1) is 16.4. The molecule has 13 heteroatoms. The summed E-state index contributed by atoms with van der Waals surface area (Å²) in [7, 11) is 0. The van der Waals surface area contributed by atoms with E-state index in [2.05, 4.69) is 4.98 Å². The van der Waals surface area contributed by atoms with Crippen molar-refractivity contribution in [3.8, 4) is 0 Å². The summed E-state index contributed by atoms with van der Waals surface area (Å²) >= 11 is 0. The molecule has 35 heavy (non-hydrogen) atoms. The van der Waals surface area contributed by atoms with E-state index >= 15 is 0 Å². The maximum absolute atomic E-state index is 13.9. The van der Waals surface area contributed by atoms with Gasteiger partial charge in [0.1, 0.15) is 21.2 Å². The van der Waals surface area contributed by atoms with Crippen LogP contribution in [0.5, 0.6) is 0 Å². The molecule has 184 valence electrons. The topological polar surface area (TPSA) is 74.1 Å². The van der Waals surface area contributed by atoms with Crippen molar-refractivity contribution in [1.29, 1.82) is 0 Å². The average molecular weight is 499 g/mol. The first-order valence-electron chi connectivity index (χ1n) is 10.8. The smallest absolute Gasteiger partial charge is 0.366 e. The molecule has 0 saturated carbocycles. The van der Waals surface area contributed by atoms with Gasteiger partial charge in [-0.1, -0.05) is 6.07 Å². The highest BCUT2D eigenvalue weighted by Gasteiger charge is 2.43. The number of hydrogen-bond donors (Lipinski definition) is 2. The van der Waals surface area contributed by atoms with E-state index in [0.717, 1.165) is 50.1 Å². The summed E-state index contributed by atoms with van der Waals surface area (Å²) in [5.41, 5.74) is -1.76. The molecular weight excluding hydrogens is 480 g/mol. The highest BCUT2D eigenvalue weighted by atomic mass is 19.4. The Morgan fingerprint density at radius 3 is 2.17 bits per heavy atom. The Kier molecular flexibility index (Phi) is 5.25. The fourth-order valence-electron chi connectivity index (χ4n) is 5.09. The van der Waals surface area contributed by atoms with Crippen LogP contribution in [0.2, 0.25) is 0 Å². The summed E-state index contributed by atoms with van der Waals surface area (Å²) in [6, 6.07) is 6.80. The minimum absolute atomic E-state index is 0.172. The molecule has 1 aromatic heterocycles. The molecule has 2 fully saturated rings. The largest absolute Gasteiger partial charge is 0.589 e. The maximum atomic E-state index is 13.9. The summed E-state index contributed by atoms with van der Waals surface area (Å²) < 4.78 is 81.5. The number of para-hydroxylation sites is 1. The van der Waals surface area contributed by atoms with Gasteiger partial charge in [0.15, 0.2) is 6.20 Å². The second kappa shape index (κ2) is 7.95. The number of rotatable bonds is 4. The lowest BCUT2D eigenvalue weighted by Crippen LogP contribution is -2.29. The van der Waals surface area contributed by atoms with Crippen molar-refractivity contribution in [2.75, 3.05) is 10.3 Å². The van der Waals surface area contributed by atoms with Gasteiger partial charge >= 0.3 is 23.7 Å². The van der Waals surface area contributed by atoms with E-state index in [9.17, 15) is 36.2 Å². The van der Waals surface area contributed by atoms with Crippen LogP contribution in [-0.4, -0.2) is 21.9 Å². The molecule has 2 bridgehead atoms. The van der Waals surface area contributed by atoms with Gasteiger partial charge < -0.3 is 9.88 Å². The number of H-pyrrole nitrogens is 1. The van der Waals surface area contributed by atoms with Crippen molar-refractivity contribution in [2.24, 2.45) is 0 Å². The third-order valence-electron chi connectivity index (χ3n) is 6.60. The number of hydrazine groups is 1. The van der Waals surface area contributed by atoms with Crippen LogP contribution in [0.25, 0.3) is 11.0 Å². The minimum Gasteiger partial charge on any atom is -0.366 e. The van der Waals surface area contributed by atoms with Crippen LogP contribution in [0.3, 0.4) is 0 Å². The van der Waals surface area contributed by atoms with Gasteiger partial charge in [-0.15, -0.1) is 5.43 Å². The van der Waals surface area contributed by atoms with E-state index in [1.807, 2.05) is 10.3 Å². The quantitative estimate of drug-likeness (QED) is 0.275. The van der Waals surface area contributed by atoms with Crippen molar-refractivity contribution in [3.63, 3.8) is 0 Å². The molecule has 0 amide bonds. The van der Waals surface area contributed by atoms with Crippen LogP contribution in [0.1, 0.15) is 36.8 Å². The van der Waals surface area contributed by atoms with Gasteiger partial charge in [-0.05, 0) is 56.0 Å². The second-order valence-corrected chi connectivity index (χ2v) is 8.64. The van der Waals surface area contributed by atoms with E-state index in [1.165, 1.54) is 12.1 Å². The predicted molar refractivity (Wildman–Crippen MR) is 114 cm³/mol. The first kappa shape index (κ1) is 23.1. The molecule has 2 aliphatic heterocycles. The standard InChI is InChI=1S/C22H19F6N5O2/c23-21(24,25)15-2-1-3-18-20(15)32(34)19(11-29-18)33(35)30-17-9-8-14(10-16(17)22(26,27)28)31-12-4-5-13(31)7-6-12/h1-3,8-13H,4-7H2,(H,29,34)(H,30,35)/q+2. The Labute approximate surface area is 193 Å². The van der Waals surface area contributed by atoms with Gasteiger partial charge in [0.25, 0.3) is 0 Å². The number of fused-ring (bicyclic) bond motifs is 3. The van der Waals surface area contributed by atoms with Crippen LogP contribution >= 0.6 is 0 Å². The maximum Gasteiger partial charge on any atom is 0.589 e. The minimum atomic E-state index is -4.90. The number of benzene rings is 2. The molecule has 2 saturated heterocycles. The second-order valence-electron chi connectivity index (χ2n) is 8.64. The normalized spacial score (nSPS) is 20.0. The summed E-state index contributed by atoms with van der Waals surface area (Å²) in [6.07, 6.45) is -5.29. The molecule has 2 aliphatic rings. The Bertz CT molecular complexity index is 1360. The van der Waals surface area contributed by atoms with Gasteiger partial charge in [-0.25, -0.2) is 0 Å². The number of aromatic amines is 1. The number of nitrogens with one attached hydrogen (secondary N) is 2. The molecule has 0 aliphatic carbocycles. The number of nitrogens with zero attached hydrogens (tertiary/aromatic N) is 3. The Morgan fingerprint density at radius 1 is 0.943 bits per heavy atom. The number of hydrogen-bond acceptors (Lipinski definition) is 3. The van der Waals surface area contributed by atoms with Gasteiger partial charge in [0.2, 0.25) is 4.87 Å². The fraction of sp³-hybridized carbons (Fsp3) is 0.364. The van der Waals surface area contributed by atoms with Crippen LogP contribution in [-0.2, 0) is 12.4 Å². The molecule has 7 nitrogen and oxygen atoms in total.